The fourth-order valence-electron chi connectivity index (χ4n) is 2.42. The van der Waals surface area contributed by atoms with E-state index in [2.05, 4.69) is 16.2 Å². The highest BCUT2D eigenvalue weighted by molar-refractivity contribution is 6.09. The lowest BCUT2D eigenvalue weighted by Crippen LogP contribution is -2.41. The molecular formula is C20H17N3O4. The molecule has 7 heteroatoms. The quantitative estimate of drug-likeness (QED) is 0.621. The maximum absolute atomic E-state index is 12.4. The van der Waals surface area contributed by atoms with E-state index < -0.39 is 11.8 Å². The summed E-state index contributed by atoms with van der Waals surface area (Å²) < 4.78 is 4.95. The maximum Gasteiger partial charge on any atom is 0.305 e. The van der Waals surface area contributed by atoms with Gasteiger partial charge < -0.3 is 9.73 Å². The summed E-state index contributed by atoms with van der Waals surface area (Å²) in [5.74, 6) is -1.43. The van der Waals surface area contributed by atoms with Crippen molar-refractivity contribution in [3.63, 3.8) is 0 Å². The number of nitrogens with one attached hydrogen (secondary N) is 3. The molecule has 0 aliphatic rings. The zero-order valence-electron chi connectivity index (χ0n) is 14.5. The molecule has 0 aliphatic carbocycles. The SMILES string of the molecule is Cc1cccc(C(=O)Nc2ccccc2C(=O)NNC(=O)c2ccco2)c1. The Bertz CT molecular complexity index is 980. The van der Waals surface area contributed by atoms with Gasteiger partial charge in [-0.3, -0.25) is 25.2 Å². The monoisotopic (exact) mass is 363 g/mol. The molecule has 2 aromatic carbocycles. The molecule has 27 heavy (non-hydrogen) atoms. The highest BCUT2D eigenvalue weighted by Crippen LogP contribution is 2.16. The van der Waals surface area contributed by atoms with Crippen molar-refractivity contribution in [1.29, 1.82) is 0 Å². The van der Waals surface area contributed by atoms with E-state index in [-0.39, 0.29) is 17.2 Å². The van der Waals surface area contributed by atoms with Gasteiger partial charge >= 0.3 is 5.91 Å². The van der Waals surface area contributed by atoms with E-state index in [1.807, 2.05) is 13.0 Å². The van der Waals surface area contributed by atoms with Crippen molar-refractivity contribution in [3.05, 3.63) is 89.4 Å². The summed E-state index contributed by atoms with van der Waals surface area (Å²) in [6.07, 6.45) is 1.35. The number of rotatable bonds is 4. The van der Waals surface area contributed by atoms with Crippen molar-refractivity contribution in [2.24, 2.45) is 0 Å². The number of aryl methyl sites for hydroxylation is 1. The Hall–Kier alpha value is -3.87. The molecule has 0 spiro atoms. The van der Waals surface area contributed by atoms with E-state index in [9.17, 15) is 14.4 Å². The lowest BCUT2D eigenvalue weighted by molar-refractivity contribution is 0.0831. The molecule has 0 unspecified atom stereocenters. The number of carbonyl (C=O) groups excluding carboxylic acids is 3. The normalized spacial score (nSPS) is 10.1. The van der Waals surface area contributed by atoms with Gasteiger partial charge in [0.1, 0.15) is 0 Å². The molecule has 0 bridgehead atoms. The Morgan fingerprint density at radius 2 is 1.59 bits per heavy atom. The first kappa shape index (κ1) is 17.9. The summed E-state index contributed by atoms with van der Waals surface area (Å²) in [5, 5.41) is 2.72. The number of amides is 3. The van der Waals surface area contributed by atoms with Gasteiger partial charge in [0.25, 0.3) is 11.8 Å². The molecule has 136 valence electrons. The minimum Gasteiger partial charge on any atom is -0.459 e. The minimum absolute atomic E-state index is 0.0661. The zero-order chi connectivity index (χ0) is 19.2. The van der Waals surface area contributed by atoms with Crippen LogP contribution in [0, 0.1) is 6.92 Å². The second-order valence-electron chi connectivity index (χ2n) is 5.75. The maximum atomic E-state index is 12.4. The molecule has 0 aliphatic heterocycles. The van der Waals surface area contributed by atoms with Gasteiger partial charge in [-0.15, -0.1) is 0 Å². The van der Waals surface area contributed by atoms with Crippen LogP contribution in [0.15, 0.2) is 71.3 Å². The molecule has 0 saturated heterocycles. The van der Waals surface area contributed by atoms with Gasteiger partial charge in [-0.25, -0.2) is 0 Å². The van der Waals surface area contributed by atoms with Crippen molar-refractivity contribution >= 4 is 23.4 Å². The number of benzene rings is 2. The summed E-state index contributed by atoms with van der Waals surface area (Å²) in [6.45, 7) is 1.89. The van der Waals surface area contributed by atoms with Gasteiger partial charge in [-0.2, -0.15) is 0 Å². The fourth-order valence-corrected chi connectivity index (χ4v) is 2.42. The molecular weight excluding hydrogens is 346 g/mol. The van der Waals surface area contributed by atoms with E-state index in [4.69, 9.17) is 4.42 Å². The van der Waals surface area contributed by atoms with Crippen molar-refractivity contribution < 1.29 is 18.8 Å². The Labute approximate surface area is 155 Å². The van der Waals surface area contributed by atoms with Crippen LogP contribution in [0.4, 0.5) is 5.69 Å². The highest BCUT2D eigenvalue weighted by atomic mass is 16.3. The number of carbonyl (C=O) groups is 3. The second-order valence-corrected chi connectivity index (χ2v) is 5.75. The van der Waals surface area contributed by atoms with Crippen molar-refractivity contribution in [2.45, 2.75) is 6.92 Å². The Balaban J connectivity index is 1.70. The van der Waals surface area contributed by atoms with Crippen LogP contribution in [0.3, 0.4) is 0 Å². The first-order valence-electron chi connectivity index (χ1n) is 8.16. The van der Waals surface area contributed by atoms with Crippen LogP contribution < -0.4 is 16.2 Å². The van der Waals surface area contributed by atoms with E-state index in [0.717, 1.165) is 5.56 Å². The molecule has 3 aromatic rings. The van der Waals surface area contributed by atoms with Crippen LogP contribution in [-0.4, -0.2) is 17.7 Å². The molecule has 7 nitrogen and oxygen atoms in total. The average Bonchev–Trinajstić information content (AvgIpc) is 3.21. The molecule has 3 amide bonds. The highest BCUT2D eigenvalue weighted by Gasteiger charge is 2.16. The van der Waals surface area contributed by atoms with E-state index in [1.165, 1.54) is 12.3 Å². The smallest absolute Gasteiger partial charge is 0.305 e. The molecule has 0 radical (unpaired) electrons. The van der Waals surface area contributed by atoms with Gasteiger partial charge in [-0.1, -0.05) is 29.8 Å². The fraction of sp³-hybridized carbons (Fsp3) is 0.0500. The third kappa shape index (κ3) is 4.40. The molecule has 0 fully saturated rings. The third-order valence-electron chi connectivity index (χ3n) is 3.73. The number of para-hydroxylation sites is 1. The van der Waals surface area contributed by atoms with Crippen LogP contribution in [0.5, 0.6) is 0 Å². The van der Waals surface area contributed by atoms with Crippen LogP contribution in [-0.2, 0) is 0 Å². The molecule has 0 atom stereocenters. The molecule has 0 saturated carbocycles. The first-order chi connectivity index (χ1) is 13.0. The van der Waals surface area contributed by atoms with Crippen LogP contribution in [0.1, 0.15) is 36.8 Å². The number of anilines is 1. The third-order valence-corrected chi connectivity index (χ3v) is 3.73. The van der Waals surface area contributed by atoms with Crippen LogP contribution in [0.25, 0.3) is 0 Å². The van der Waals surface area contributed by atoms with E-state index in [1.54, 1.807) is 48.5 Å². The number of furan rings is 1. The molecule has 1 aromatic heterocycles. The van der Waals surface area contributed by atoms with Gasteiger partial charge in [-0.05, 0) is 43.3 Å². The van der Waals surface area contributed by atoms with Crippen molar-refractivity contribution in [1.82, 2.24) is 10.9 Å². The summed E-state index contributed by atoms with van der Waals surface area (Å²) in [4.78, 5) is 36.7. The van der Waals surface area contributed by atoms with Gasteiger partial charge in [0.2, 0.25) is 0 Å². The number of hydrogen-bond acceptors (Lipinski definition) is 4. The summed E-state index contributed by atoms with van der Waals surface area (Å²) in [5.41, 5.74) is 6.53. The summed E-state index contributed by atoms with van der Waals surface area (Å²) >= 11 is 0. The molecule has 3 rings (SSSR count). The van der Waals surface area contributed by atoms with Crippen LogP contribution >= 0.6 is 0 Å². The molecule has 3 N–H and O–H groups in total. The summed E-state index contributed by atoms with van der Waals surface area (Å²) in [6, 6.07) is 16.7. The first-order valence-corrected chi connectivity index (χ1v) is 8.16. The minimum atomic E-state index is -0.588. The lowest BCUT2D eigenvalue weighted by atomic mass is 10.1. The number of hydrazine groups is 1. The van der Waals surface area contributed by atoms with Gasteiger partial charge in [0.05, 0.1) is 17.5 Å². The van der Waals surface area contributed by atoms with Crippen molar-refractivity contribution in [2.75, 3.05) is 5.32 Å². The Morgan fingerprint density at radius 1 is 0.815 bits per heavy atom. The number of hydrogen-bond donors (Lipinski definition) is 3. The predicted molar refractivity (Wildman–Crippen MR) is 99.2 cm³/mol. The zero-order valence-corrected chi connectivity index (χ0v) is 14.5. The van der Waals surface area contributed by atoms with Gasteiger partial charge in [0, 0.05) is 5.56 Å². The van der Waals surface area contributed by atoms with Gasteiger partial charge in [0.15, 0.2) is 5.76 Å². The largest absolute Gasteiger partial charge is 0.459 e. The lowest BCUT2D eigenvalue weighted by Gasteiger charge is -2.12. The van der Waals surface area contributed by atoms with Crippen LogP contribution in [0.2, 0.25) is 0 Å². The second kappa shape index (κ2) is 8.01. The van der Waals surface area contributed by atoms with E-state index in [0.29, 0.717) is 11.3 Å². The Morgan fingerprint density at radius 3 is 2.33 bits per heavy atom. The van der Waals surface area contributed by atoms with E-state index >= 15 is 0 Å². The predicted octanol–water partition coefficient (Wildman–Crippen LogP) is 2.92. The average molecular weight is 363 g/mol. The topological polar surface area (TPSA) is 100 Å². The van der Waals surface area contributed by atoms with Crippen molar-refractivity contribution in [3.8, 4) is 0 Å². The Kier molecular flexibility index (Phi) is 5.32. The standard InChI is InChI=1S/C20H17N3O4/c1-13-6-4-7-14(12-13)18(24)21-16-9-3-2-8-15(16)19(25)22-23-20(26)17-10-5-11-27-17/h2-12H,1H3,(H,21,24)(H,22,25)(H,23,26). The summed E-state index contributed by atoms with van der Waals surface area (Å²) in [7, 11) is 0. The molecule has 1 heterocycles.